The summed E-state index contributed by atoms with van der Waals surface area (Å²) in [6.45, 7) is 4.61. The molecule has 2 aromatic rings. The number of rotatable bonds is 2. The van der Waals surface area contributed by atoms with Gasteiger partial charge in [0, 0.05) is 31.6 Å². The number of aromatic nitrogens is 1. The van der Waals surface area contributed by atoms with Crippen molar-refractivity contribution in [3.05, 3.63) is 35.9 Å². The van der Waals surface area contributed by atoms with E-state index in [1.165, 1.54) is 25.7 Å². The maximum Gasteiger partial charge on any atom is 0.254 e. The van der Waals surface area contributed by atoms with Crippen molar-refractivity contribution in [2.45, 2.75) is 25.7 Å². The number of anilines is 1. The highest BCUT2D eigenvalue weighted by molar-refractivity contribution is 6.07. The van der Waals surface area contributed by atoms with Crippen LogP contribution in [0.3, 0.4) is 0 Å². The Morgan fingerprint density at radius 2 is 1.68 bits per heavy atom. The molecular weight excluding hydrogens is 314 g/mol. The standard InChI is InChI=1S/C20H25N3O2/c24-20(23-11-13-25-14-12-23)17-15-19(22-9-5-1-2-6-10-22)21-18-8-4-3-7-16(17)18/h3-4,7-8,15H,1-2,5-6,9-14H2. The average molecular weight is 339 g/mol. The summed E-state index contributed by atoms with van der Waals surface area (Å²) in [7, 11) is 0. The second-order valence-corrected chi connectivity index (χ2v) is 6.85. The lowest BCUT2D eigenvalue weighted by Gasteiger charge is -2.28. The van der Waals surface area contributed by atoms with E-state index in [0.29, 0.717) is 26.3 Å². The number of hydrogen-bond acceptors (Lipinski definition) is 4. The zero-order valence-corrected chi connectivity index (χ0v) is 14.6. The highest BCUT2D eigenvalue weighted by Gasteiger charge is 2.23. The Bertz CT molecular complexity index is 748. The summed E-state index contributed by atoms with van der Waals surface area (Å²) in [5.41, 5.74) is 1.67. The lowest BCUT2D eigenvalue weighted by atomic mass is 10.1. The van der Waals surface area contributed by atoms with Gasteiger partial charge in [-0.15, -0.1) is 0 Å². The molecule has 3 heterocycles. The van der Waals surface area contributed by atoms with Gasteiger partial charge in [0.1, 0.15) is 5.82 Å². The number of carbonyl (C=O) groups excluding carboxylic acids is 1. The van der Waals surface area contributed by atoms with Crippen molar-refractivity contribution in [2.75, 3.05) is 44.3 Å². The fourth-order valence-electron chi connectivity index (χ4n) is 3.74. The number of benzene rings is 1. The molecule has 2 fully saturated rings. The first kappa shape index (κ1) is 16.3. The molecule has 5 nitrogen and oxygen atoms in total. The van der Waals surface area contributed by atoms with Crippen LogP contribution < -0.4 is 4.90 Å². The molecule has 4 rings (SSSR count). The summed E-state index contributed by atoms with van der Waals surface area (Å²) in [4.78, 5) is 22.2. The molecule has 0 spiro atoms. The molecule has 2 aliphatic heterocycles. The van der Waals surface area contributed by atoms with Crippen LogP contribution in [0.5, 0.6) is 0 Å². The topological polar surface area (TPSA) is 45.7 Å². The third-order valence-corrected chi connectivity index (χ3v) is 5.16. The summed E-state index contributed by atoms with van der Waals surface area (Å²) in [6, 6.07) is 9.98. The monoisotopic (exact) mass is 339 g/mol. The summed E-state index contributed by atoms with van der Waals surface area (Å²) in [5.74, 6) is 1.04. The minimum absolute atomic E-state index is 0.0953. The lowest BCUT2D eigenvalue weighted by molar-refractivity contribution is 0.0304. The van der Waals surface area contributed by atoms with Crippen molar-refractivity contribution in [3.63, 3.8) is 0 Å². The van der Waals surface area contributed by atoms with E-state index in [1.54, 1.807) is 0 Å². The van der Waals surface area contributed by atoms with E-state index in [4.69, 9.17) is 9.72 Å². The van der Waals surface area contributed by atoms with Gasteiger partial charge in [0.15, 0.2) is 0 Å². The minimum atomic E-state index is 0.0953. The van der Waals surface area contributed by atoms with Gasteiger partial charge in [-0.1, -0.05) is 31.0 Å². The molecule has 1 amide bonds. The van der Waals surface area contributed by atoms with Gasteiger partial charge in [-0.3, -0.25) is 4.79 Å². The first-order valence-corrected chi connectivity index (χ1v) is 9.35. The Morgan fingerprint density at radius 1 is 0.960 bits per heavy atom. The van der Waals surface area contributed by atoms with Crippen LogP contribution >= 0.6 is 0 Å². The van der Waals surface area contributed by atoms with Gasteiger partial charge in [-0.05, 0) is 25.0 Å². The Hall–Kier alpha value is -2.14. The predicted octanol–water partition coefficient (Wildman–Crippen LogP) is 3.09. The third kappa shape index (κ3) is 3.47. The summed E-state index contributed by atoms with van der Waals surface area (Å²) < 4.78 is 5.39. The van der Waals surface area contributed by atoms with Gasteiger partial charge in [0.05, 0.1) is 24.3 Å². The van der Waals surface area contributed by atoms with Crippen molar-refractivity contribution in [3.8, 4) is 0 Å². The van der Waals surface area contributed by atoms with E-state index in [-0.39, 0.29) is 5.91 Å². The van der Waals surface area contributed by atoms with Crippen LogP contribution in [0.15, 0.2) is 30.3 Å². The molecule has 0 unspecified atom stereocenters. The molecule has 132 valence electrons. The quantitative estimate of drug-likeness (QED) is 0.843. The molecular formula is C20H25N3O2. The first-order chi connectivity index (χ1) is 12.3. The molecule has 0 aliphatic carbocycles. The number of amides is 1. The Kier molecular flexibility index (Phi) is 4.83. The van der Waals surface area contributed by atoms with Gasteiger partial charge in [0.2, 0.25) is 0 Å². The molecule has 5 heteroatoms. The van der Waals surface area contributed by atoms with Crippen molar-refractivity contribution in [1.29, 1.82) is 0 Å². The van der Waals surface area contributed by atoms with Crippen LogP contribution in [-0.2, 0) is 4.74 Å². The maximum absolute atomic E-state index is 13.1. The maximum atomic E-state index is 13.1. The van der Waals surface area contributed by atoms with Gasteiger partial charge in [0.25, 0.3) is 5.91 Å². The molecule has 0 N–H and O–H groups in total. The first-order valence-electron chi connectivity index (χ1n) is 9.35. The van der Waals surface area contributed by atoms with Crippen LogP contribution in [0.2, 0.25) is 0 Å². The smallest absolute Gasteiger partial charge is 0.254 e. The highest BCUT2D eigenvalue weighted by atomic mass is 16.5. The van der Waals surface area contributed by atoms with Crippen LogP contribution in [-0.4, -0.2) is 55.2 Å². The number of carbonyl (C=O) groups is 1. The summed E-state index contributed by atoms with van der Waals surface area (Å²) in [6.07, 6.45) is 4.95. The van der Waals surface area contributed by atoms with E-state index >= 15 is 0 Å². The molecule has 1 aromatic carbocycles. The molecule has 2 aliphatic rings. The Balaban J connectivity index is 1.74. The minimum Gasteiger partial charge on any atom is -0.378 e. The third-order valence-electron chi connectivity index (χ3n) is 5.16. The highest BCUT2D eigenvalue weighted by Crippen LogP contribution is 2.26. The number of fused-ring (bicyclic) bond motifs is 1. The summed E-state index contributed by atoms with van der Waals surface area (Å²) >= 11 is 0. The predicted molar refractivity (Wildman–Crippen MR) is 99.1 cm³/mol. The summed E-state index contributed by atoms with van der Waals surface area (Å²) in [5, 5.41) is 0.942. The molecule has 2 saturated heterocycles. The van der Waals surface area contributed by atoms with E-state index in [1.807, 2.05) is 35.2 Å². The lowest BCUT2D eigenvalue weighted by Crippen LogP contribution is -2.40. The van der Waals surface area contributed by atoms with E-state index < -0.39 is 0 Å². The molecule has 0 saturated carbocycles. The number of hydrogen-bond donors (Lipinski definition) is 0. The number of ether oxygens (including phenoxy) is 1. The number of pyridine rings is 1. The molecule has 0 atom stereocenters. The largest absolute Gasteiger partial charge is 0.378 e. The van der Waals surface area contributed by atoms with Crippen LogP contribution in [0.25, 0.3) is 10.9 Å². The number of nitrogens with zero attached hydrogens (tertiary/aromatic N) is 3. The van der Waals surface area contributed by atoms with Gasteiger partial charge < -0.3 is 14.5 Å². The number of para-hydroxylation sites is 1. The second-order valence-electron chi connectivity index (χ2n) is 6.85. The van der Waals surface area contributed by atoms with Crippen LogP contribution in [0, 0.1) is 0 Å². The van der Waals surface area contributed by atoms with Crippen molar-refractivity contribution >= 4 is 22.6 Å². The van der Waals surface area contributed by atoms with Crippen LogP contribution in [0.1, 0.15) is 36.0 Å². The Labute approximate surface area is 148 Å². The van der Waals surface area contributed by atoms with Gasteiger partial charge in [-0.2, -0.15) is 0 Å². The average Bonchev–Trinajstić information content (AvgIpc) is 2.97. The fourth-order valence-corrected chi connectivity index (χ4v) is 3.74. The second kappa shape index (κ2) is 7.40. The zero-order chi connectivity index (χ0) is 17.1. The molecule has 0 bridgehead atoms. The fraction of sp³-hybridized carbons (Fsp3) is 0.500. The normalized spacial score (nSPS) is 19.0. The van der Waals surface area contributed by atoms with E-state index in [0.717, 1.165) is 35.4 Å². The van der Waals surface area contributed by atoms with Crippen molar-refractivity contribution in [1.82, 2.24) is 9.88 Å². The van der Waals surface area contributed by atoms with Gasteiger partial charge >= 0.3 is 0 Å². The van der Waals surface area contributed by atoms with E-state index in [2.05, 4.69) is 4.90 Å². The number of morpholine rings is 1. The Morgan fingerprint density at radius 3 is 2.44 bits per heavy atom. The SMILES string of the molecule is O=C(c1cc(N2CCCCCC2)nc2ccccc12)N1CCOCC1. The molecule has 0 radical (unpaired) electrons. The van der Waals surface area contributed by atoms with Crippen LogP contribution in [0.4, 0.5) is 5.82 Å². The van der Waals surface area contributed by atoms with Crippen molar-refractivity contribution < 1.29 is 9.53 Å². The van der Waals surface area contributed by atoms with E-state index in [9.17, 15) is 4.79 Å². The van der Waals surface area contributed by atoms with Crippen molar-refractivity contribution in [2.24, 2.45) is 0 Å². The zero-order valence-electron chi connectivity index (χ0n) is 14.6. The molecule has 25 heavy (non-hydrogen) atoms. The molecule has 1 aromatic heterocycles. The van der Waals surface area contributed by atoms with Gasteiger partial charge in [-0.25, -0.2) is 4.98 Å².